The SMILES string of the molecule is CCCNc1nc(NCC(O)CO)c2[nH]cnc2n1. The van der Waals surface area contributed by atoms with Crippen molar-refractivity contribution in [1.82, 2.24) is 19.9 Å². The Bertz CT molecular complexity index is 529. The molecule has 19 heavy (non-hydrogen) atoms. The number of hydrogen-bond donors (Lipinski definition) is 5. The topological polar surface area (TPSA) is 119 Å². The van der Waals surface area contributed by atoms with Crippen molar-refractivity contribution in [3.8, 4) is 0 Å². The molecule has 0 fully saturated rings. The number of aromatic amines is 1. The number of fused-ring (bicyclic) bond motifs is 1. The van der Waals surface area contributed by atoms with Crippen LogP contribution < -0.4 is 10.6 Å². The van der Waals surface area contributed by atoms with E-state index >= 15 is 0 Å². The molecule has 2 aromatic heterocycles. The molecule has 2 rings (SSSR count). The molecule has 0 saturated carbocycles. The van der Waals surface area contributed by atoms with Crippen LogP contribution in [-0.2, 0) is 0 Å². The summed E-state index contributed by atoms with van der Waals surface area (Å²) in [5.74, 6) is 1.04. The summed E-state index contributed by atoms with van der Waals surface area (Å²) in [5.41, 5.74) is 1.22. The number of anilines is 2. The third-order valence-corrected chi connectivity index (χ3v) is 2.53. The third kappa shape index (κ3) is 3.30. The fourth-order valence-corrected chi connectivity index (χ4v) is 1.56. The molecule has 8 nitrogen and oxygen atoms in total. The zero-order chi connectivity index (χ0) is 13.7. The lowest BCUT2D eigenvalue weighted by molar-refractivity contribution is 0.105. The Balaban J connectivity index is 2.21. The molecule has 0 radical (unpaired) electrons. The zero-order valence-corrected chi connectivity index (χ0v) is 10.7. The van der Waals surface area contributed by atoms with Gasteiger partial charge >= 0.3 is 0 Å². The van der Waals surface area contributed by atoms with Crippen LogP contribution in [-0.4, -0.2) is 55.9 Å². The first-order chi connectivity index (χ1) is 9.24. The van der Waals surface area contributed by atoms with E-state index in [2.05, 4.69) is 37.5 Å². The smallest absolute Gasteiger partial charge is 0.226 e. The second kappa shape index (κ2) is 6.30. The van der Waals surface area contributed by atoms with Gasteiger partial charge in [0.25, 0.3) is 0 Å². The minimum absolute atomic E-state index is 0.203. The number of H-pyrrole nitrogens is 1. The van der Waals surface area contributed by atoms with E-state index in [1.807, 2.05) is 0 Å². The van der Waals surface area contributed by atoms with Gasteiger partial charge in [0.2, 0.25) is 5.95 Å². The predicted molar refractivity (Wildman–Crippen MR) is 72.0 cm³/mol. The summed E-state index contributed by atoms with van der Waals surface area (Å²) in [6.45, 7) is 2.73. The van der Waals surface area contributed by atoms with Gasteiger partial charge in [0.05, 0.1) is 19.0 Å². The van der Waals surface area contributed by atoms with Crippen LogP contribution in [0.3, 0.4) is 0 Å². The van der Waals surface area contributed by atoms with Crippen LogP contribution in [0.5, 0.6) is 0 Å². The summed E-state index contributed by atoms with van der Waals surface area (Å²) in [6, 6.07) is 0. The van der Waals surface area contributed by atoms with Gasteiger partial charge < -0.3 is 25.8 Å². The van der Waals surface area contributed by atoms with Crippen LogP contribution in [0.2, 0.25) is 0 Å². The lowest BCUT2D eigenvalue weighted by atomic mass is 10.3. The first-order valence-electron chi connectivity index (χ1n) is 6.22. The number of hydrogen-bond acceptors (Lipinski definition) is 7. The van der Waals surface area contributed by atoms with Crippen LogP contribution in [0.15, 0.2) is 6.33 Å². The van der Waals surface area contributed by atoms with E-state index in [0.29, 0.717) is 22.9 Å². The second-order valence-corrected chi connectivity index (χ2v) is 4.14. The summed E-state index contributed by atoms with van der Waals surface area (Å²) in [7, 11) is 0. The molecular formula is C11H18N6O2. The van der Waals surface area contributed by atoms with Gasteiger partial charge in [-0.2, -0.15) is 9.97 Å². The van der Waals surface area contributed by atoms with Crippen molar-refractivity contribution < 1.29 is 10.2 Å². The van der Waals surface area contributed by atoms with Crippen molar-refractivity contribution in [1.29, 1.82) is 0 Å². The number of imidazole rings is 1. The van der Waals surface area contributed by atoms with Crippen LogP contribution in [0.4, 0.5) is 11.8 Å². The van der Waals surface area contributed by atoms with Crippen molar-refractivity contribution in [2.24, 2.45) is 0 Å². The second-order valence-electron chi connectivity index (χ2n) is 4.14. The Kier molecular flexibility index (Phi) is 4.48. The normalized spacial score (nSPS) is 12.6. The third-order valence-electron chi connectivity index (χ3n) is 2.53. The molecule has 2 aromatic rings. The van der Waals surface area contributed by atoms with Gasteiger partial charge in [0.15, 0.2) is 11.5 Å². The van der Waals surface area contributed by atoms with Crippen molar-refractivity contribution in [3.05, 3.63) is 6.33 Å². The molecular weight excluding hydrogens is 248 g/mol. The van der Waals surface area contributed by atoms with Crippen LogP contribution in [0.1, 0.15) is 13.3 Å². The summed E-state index contributed by atoms with van der Waals surface area (Å²) in [5, 5.41) is 24.2. The van der Waals surface area contributed by atoms with E-state index in [1.54, 1.807) is 0 Å². The summed E-state index contributed by atoms with van der Waals surface area (Å²) in [4.78, 5) is 15.6. The maximum Gasteiger partial charge on any atom is 0.226 e. The molecule has 0 aliphatic rings. The molecule has 0 saturated heterocycles. The van der Waals surface area contributed by atoms with Crippen LogP contribution in [0, 0.1) is 0 Å². The van der Waals surface area contributed by atoms with Gasteiger partial charge in [-0.1, -0.05) is 6.92 Å². The molecule has 2 heterocycles. The van der Waals surface area contributed by atoms with E-state index in [-0.39, 0.29) is 13.2 Å². The predicted octanol–water partition coefficient (Wildman–Crippen LogP) is -0.0601. The van der Waals surface area contributed by atoms with Crippen molar-refractivity contribution in [2.45, 2.75) is 19.4 Å². The summed E-state index contributed by atoms with van der Waals surface area (Å²) in [6.07, 6.45) is 1.67. The van der Waals surface area contributed by atoms with Crippen molar-refractivity contribution in [3.63, 3.8) is 0 Å². The molecule has 0 spiro atoms. The number of nitrogens with one attached hydrogen (secondary N) is 3. The molecule has 1 unspecified atom stereocenters. The first kappa shape index (κ1) is 13.5. The van der Waals surface area contributed by atoms with Gasteiger partial charge in [-0.05, 0) is 6.42 Å². The van der Waals surface area contributed by atoms with Gasteiger partial charge in [0.1, 0.15) is 5.52 Å². The minimum Gasteiger partial charge on any atom is -0.394 e. The van der Waals surface area contributed by atoms with Crippen LogP contribution >= 0.6 is 0 Å². The Morgan fingerprint density at radius 2 is 2.21 bits per heavy atom. The lowest BCUT2D eigenvalue weighted by Gasteiger charge is -2.11. The van der Waals surface area contributed by atoms with E-state index in [0.717, 1.165) is 13.0 Å². The van der Waals surface area contributed by atoms with Gasteiger partial charge in [0, 0.05) is 13.1 Å². The average Bonchev–Trinajstić information content (AvgIpc) is 2.90. The summed E-state index contributed by atoms with van der Waals surface area (Å²) >= 11 is 0. The van der Waals surface area contributed by atoms with E-state index < -0.39 is 6.10 Å². The number of aliphatic hydroxyl groups excluding tert-OH is 2. The molecule has 0 amide bonds. The van der Waals surface area contributed by atoms with E-state index in [9.17, 15) is 5.11 Å². The molecule has 0 aliphatic carbocycles. The van der Waals surface area contributed by atoms with Gasteiger partial charge in [-0.15, -0.1) is 0 Å². The quantitative estimate of drug-likeness (QED) is 0.476. The molecule has 0 aromatic carbocycles. The minimum atomic E-state index is -0.833. The highest BCUT2D eigenvalue weighted by Crippen LogP contribution is 2.18. The van der Waals surface area contributed by atoms with E-state index in [1.165, 1.54) is 6.33 Å². The first-order valence-corrected chi connectivity index (χ1v) is 6.22. The van der Waals surface area contributed by atoms with E-state index in [4.69, 9.17) is 5.11 Å². The monoisotopic (exact) mass is 266 g/mol. The maximum atomic E-state index is 9.36. The highest BCUT2D eigenvalue weighted by atomic mass is 16.3. The number of rotatable bonds is 7. The highest BCUT2D eigenvalue weighted by molar-refractivity contribution is 5.83. The number of nitrogens with zero attached hydrogens (tertiary/aromatic N) is 3. The standard InChI is InChI=1S/C11H18N6O2/c1-2-3-12-11-16-9(13-4-7(19)5-18)8-10(17-11)15-6-14-8/h6-7,18-19H,2-5H2,1H3,(H3,12,13,14,15,16,17). The Labute approximate surface area is 110 Å². The molecule has 8 heteroatoms. The largest absolute Gasteiger partial charge is 0.394 e. The molecule has 104 valence electrons. The van der Waals surface area contributed by atoms with Crippen LogP contribution in [0.25, 0.3) is 11.2 Å². The lowest BCUT2D eigenvalue weighted by Crippen LogP contribution is -2.23. The molecule has 0 aliphatic heterocycles. The fraction of sp³-hybridized carbons (Fsp3) is 0.545. The zero-order valence-electron chi connectivity index (χ0n) is 10.7. The Morgan fingerprint density at radius 3 is 2.95 bits per heavy atom. The molecule has 1 atom stereocenters. The number of aromatic nitrogens is 4. The van der Waals surface area contributed by atoms with Gasteiger partial charge in [-0.25, -0.2) is 4.98 Å². The molecule has 0 bridgehead atoms. The highest BCUT2D eigenvalue weighted by Gasteiger charge is 2.10. The average molecular weight is 266 g/mol. The maximum absolute atomic E-state index is 9.36. The van der Waals surface area contributed by atoms with Crippen molar-refractivity contribution in [2.75, 3.05) is 30.3 Å². The Morgan fingerprint density at radius 1 is 1.37 bits per heavy atom. The Hall–Kier alpha value is -1.93. The van der Waals surface area contributed by atoms with Crippen molar-refractivity contribution >= 4 is 22.9 Å². The molecule has 5 N–H and O–H groups in total. The number of aliphatic hydroxyl groups is 2. The fourth-order valence-electron chi connectivity index (χ4n) is 1.56. The summed E-state index contributed by atoms with van der Waals surface area (Å²) < 4.78 is 0. The van der Waals surface area contributed by atoms with Gasteiger partial charge in [-0.3, -0.25) is 0 Å².